The van der Waals surface area contributed by atoms with Gasteiger partial charge in [-0.15, -0.1) is 0 Å². The molecule has 0 N–H and O–H groups in total. The lowest BCUT2D eigenvalue weighted by Gasteiger charge is -2.25. The van der Waals surface area contributed by atoms with Crippen LogP contribution in [0.2, 0.25) is 0 Å². The lowest BCUT2D eigenvalue weighted by Crippen LogP contribution is -2.28. The van der Waals surface area contributed by atoms with E-state index in [-0.39, 0.29) is 12.1 Å². The van der Waals surface area contributed by atoms with E-state index in [9.17, 15) is 5.26 Å². The van der Waals surface area contributed by atoms with Crippen LogP contribution in [-0.2, 0) is 0 Å². The van der Waals surface area contributed by atoms with Gasteiger partial charge in [0.1, 0.15) is 11.8 Å². The van der Waals surface area contributed by atoms with Crippen molar-refractivity contribution in [2.24, 2.45) is 0 Å². The molecule has 1 heterocycles. The topological polar surface area (TPSA) is 36.3 Å². The molecule has 20 heavy (non-hydrogen) atoms. The average Bonchev–Trinajstić information content (AvgIpc) is 2.70. The number of nitriles is 1. The van der Waals surface area contributed by atoms with Crippen LogP contribution in [0.3, 0.4) is 0 Å². The summed E-state index contributed by atoms with van der Waals surface area (Å²) in [7, 11) is 0. The van der Waals surface area contributed by atoms with E-state index in [2.05, 4.69) is 11.0 Å². The molecule has 0 aliphatic carbocycles. The molecule has 1 aliphatic rings. The molecule has 3 heteroatoms. The molecule has 1 aromatic rings. The molecule has 0 saturated carbocycles. The zero-order valence-electron chi connectivity index (χ0n) is 12.5. The SMILES string of the molecule is CC(C)Oc1ccc(C(C#N)N2CCCCCC2)cc1. The van der Waals surface area contributed by atoms with Crippen molar-refractivity contribution in [2.75, 3.05) is 13.1 Å². The van der Waals surface area contributed by atoms with Crippen molar-refractivity contribution in [3.05, 3.63) is 29.8 Å². The molecule has 1 aromatic carbocycles. The molecule has 0 amide bonds. The van der Waals surface area contributed by atoms with Crippen LogP contribution >= 0.6 is 0 Å². The van der Waals surface area contributed by atoms with Gasteiger partial charge in [-0.3, -0.25) is 4.90 Å². The number of nitrogens with zero attached hydrogens (tertiary/aromatic N) is 2. The first-order chi connectivity index (χ1) is 9.70. The van der Waals surface area contributed by atoms with Crippen LogP contribution in [0, 0.1) is 11.3 Å². The molecular formula is C17H24N2O. The molecule has 1 saturated heterocycles. The quantitative estimate of drug-likeness (QED) is 0.833. The fraction of sp³-hybridized carbons (Fsp3) is 0.588. The summed E-state index contributed by atoms with van der Waals surface area (Å²) in [6.45, 7) is 6.09. The summed E-state index contributed by atoms with van der Waals surface area (Å²) in [4.78, 5) is 2.31. The van der Waals surface area contributed by atoms with E-state index in [1.807, 2.05) is 38.1 Å². The minimum Gasteiger partial charge on any atom is -0.491 e. The Balaban J connectivity index is 2.08. The summed E-state index contributed by atoms with van der Waals surface area (Å²) >= 11 is 0. The maximum atomic E-state index is 9.52. The first-order valence-corrected chi connectivity index (χ1v) is 7.61. The Hall–Kier alpha value is -1.53. The van der Waals surface area contributed by atoms with E-state index in [0.29, 0.717) is 0 Å². The number of hydrogen-bond donors (Lipinski definition) is 0. The second-order valence-electron chi connectivity index (χ2n) is 5.72. The number of likely N-dealkylation sites (tertiary alicyclic amines) is 1. The van der Waals surface area contributed by atoms with E-state index in [4.69, 9.17) is 4.74 Å². The van der Waals surface area contributed by atoms with Crippen molar-refractivity contribution in [3.8, 4) is 11.8 Å². The van der Waals surface area contributed by atoms with Crippen molar-refractivity contribution in [1.82, 2.24) is 4.90 Å². The van der Waals surface area contributed by atoms with Gasteiger partial charge >= 0.3 is 0 Å². The Labute approximate surface area is 122 Å². The highest BCUT2D eigenvalue weighted by Gasteiger charge is 2.21. The van der Waals surface area contributed by atoms with Crippen molar-refractivity contribution >= 4 is 0 Å². The van der Waals surface area contributed by atoms with Crippen LogP contribution in [0.4, 0.5) is 0 Å². The molecule has 108 valence electrons. The van der Waals surface area contributed by atoms with Gasteiger partial charge in [0.05, 0.1) is 12.2 Å². The van der Waals surface area contributed by atoms with Crippen LogP contribution in [0.25, 0.3) is 0 Å². The summed E-state index contributed by atoms with van der Waals surface area (Å²) in [6.07, 6.45) is 5.16. The second-order valence-corrected chi connectivity index (χ2v) is 5.72. The van der Waals surface area contributed by atoms with Gasteiger partial charge in [0, 0.05) is 0 Å². The van der Waals surface area contributed by atoms with Crippen LogP contribution < -0.4 is 4.74 Å². The first-order valence-electron chi connectivity index (χ1n) is 7.61. The van der Waals surface area contributed by atoms with E-state index >= 15 is 0 Å². The van der Waals surface area contributed by atoms with Gasteiger partial charge in [-0.05, 0) is 57.5 Å². The highest BCUT2D eigenvalue weighted by molar-refractivity contribution is 5.31. The minimum atomic E-state index is -0.124. The Morgan fingerprint density at radius 1 is 1.05 bits per heavy atom. The highest BCUT2D eigenvalue weighted by Crippen LogP contribution is 2.25. The number of benzene rings is 1. The van der Waals surface area contributed by atoms with E-state index < -0.39 is 0 Å². The van der Waals surface area contributed by atoms with Crippen molar-refractivity contribution in [1.29, 1.82) is 5.26 Å². The normalized spacial score (nSPS) is 18.3. The molecule has 0 bridgehead atoms. The van der Waals surface area contributed by atoms with Gasteiger partial charge in [-0.1, -0.05) is 25.0 Å². The van der Waals surface area contributed by atoms with E-state index in [1.54, 1.807) is 0 Å². The molecule has 1 unspecified atom stereocenters. The summed E-state index contributed by atoms with van der Waals surface area (Å²) < 4.78 is 5.65. The zero-order valence-corrected chi connectivity index (χ0v) is 12.5. The molecule has 1 atom stereocenters. The maximum absolute atomic E-state index is 9.52. The van der Waals surface area contributed by atoms with Gasteiger partial charge in [-0.2, -0.15) is 5.26 Å². The fourth-order valence-electron chi connectivity index (χ4n) is 2.72. The standard InChI is InChI=1S/C17H24N2O/c1-14(2)20-16-9-7-15(8-10-16)17(13-18)19-11-5-3-4-6-12-19/h7-10,14,17H,3-6,11-12H2,1-2H3. The lowest BCUT2D eigenvalue weighted by atomic mass is 10.1. The Morgan fingerprint density at radius 3 is 2.15 bits per heavy atom. The predicted molar refractivity (Wildman–Crippen MR) is 80.6 cm³/mol. The Morgan fingerprint density at radius 2 is 1.65 bits per heavy atom. The molecule has 2 rings (SSSR count). The molecule has 1 fully saturated rings. The lowest BCUT2D eigenvalue weighted by molar-refractivity contribution is 0.239. The molecular weight excluding hydrogens is 248 g/mol. The Kier molecular flexibility index (Phi) is 5.43. The van der Waals surface area contributed by atoms with Crippen LogP contribution in [0.1, 0.15) is 51.1 Å². The third kappa shape index (κ3) is 3.98. The van der Waals surface area contributed by atoms with Crippen molar-refractivity contribution in [2.45, 2.75) is 51.7 Å². The van der Waals surface area contributed by atoms with Crippen LogP contribution in [-0.4, -0.2) is 24.1 Å². The third-order valence-corrected chi connectivity index (χ3v) is 3.70. The second kappa shape index (κ2) is 7.31. The van der Waals surface area contributed by atoms with Gasteiger partial charge in [-0.25, -0.2) is 0 Å². The van der Waals surface area contributed by atoms with Crippen LogP contribution in [0.15, 0.2) is 24.3 Å². The molecule has 0 aromatic heterocycles. The van der Waals surface area contributed by atoms with Gasteiger partial charge in [0.15, 0.2) is 0 Å². The minimum absolute atomic E-state index is 0.124. The molecule has 3 nitrogen and oxygen atoms in total. The monoisotopic (exact) mass is 272 g/mol. The Bertz CT molecular complexity index is 439. The predicted octanol–water partition coefficient (Wildman–Crippen LogP) is 3.91. The van der Waals surface area contributed by atoms with E-state index in [1.165, 1.54) is 25.7 Å². The first kappa shape index (κ1) is 14.9. The van der Waals surface area contributed by atoms with Gasteiger partial charge in [0.2, 0.25) is 0 Å². The summed E-state index contributed by atoms with van der Waals surface area (Å²) in [6, 6.07) is 10.3. The molecule has 0 radical (unpaired) electrons. The molecule has 0 spiro atoms. The number of ether oxygens (including phenoxy) is 1. The zero-order chi connectivity index (χ0) is 14.4. The van der Waals surface area contributed by atoms with Crippen molar-refractivity contribution < 1.29 is 4.74 Å². The third-order valence-electron chi connectivity index (χ3n) is 3.70. The number of rotatable bonds is 4. The summed E-state index contributed by atoms with van der Waals surface area (Å²) in [5.41, 5.74) is 1.07. The van der Waals surface area contributed by atoms with E-state index in [0.717, 1.165) is 24.4 Å². The smallest absolute Gasteiger partial charge is 0.123 e. The maximum Gasteiger partial charge on any atom is 0.123 e. The van der Waals surface area contributed by atoms with Gasteiger partial charge in [0.25, 0.3) is 0 Å². The van der Waals surface area contributed by atoms with Crippen LogP contribution in [0.5, 0.6) is 5.75 Å². The highest BCUT2D eigenvalue weighted by atomic mass is 16.5. The van der Waals surface area contributed by atoms with Gasteiger partial charge < -0.3 is 4.74 Å². The summed E-state index contributed by atoms with van der Waals surface area (Å²) in [5.74, 6) is 0.872. The fourth-order valence-corrected chi connectivity index (χ4v) is 2.72. The van der Waals surface area contributed by atoms with Crippen molar-refractivity contribution in [3.63, 3.8) is 0 Å². The number of hydrogen-bond acceptors (Lipinski definition) is 3. The molecule has 1 aliphatic heterocycles. The average molecular weight is 272 g/mol. The summed E-state index contributed by atoms with van der Waals surface area (Å²) in [5, 5.41) is 9.52. The largest absolute Gasteiger partial charge is 0.491 e.